The molecule has 6 nitrogen and oxygen atoms in total. The topological polar surface area (TPSA) is 77.7 Å². The van der Waals surface area contributed by atoms with Crippen LogP contribution in [0, 0.1) is 0 Å². The third kappa shape index (κ3) is 3.42. The fourth-order valence-electron chi connectivity index (χ4n) is 2.28. The molecule has 1 aromatic rings. The number of pyridine rings is 1. The van der Waals surface area contributed by atoms with Gasteiger partial charge in [-0.25, -0.2) is 0 Å². The first kappa shape index (κ1) is 13.8. The average molecular weight is 265 g/mol. The van der Waals surface area contributed by atoms with E-state index >= 15 is 0 Å². The number of ether oxygens (including phenoxy) is 2. The Bertz CT molecular complexity index is 453. The maximum atomic E-state index is 11.2. The van der Waals surface area contributed by atoms with E-state index in [1.165, 1.54) is 0 Å². The van der Waals surface area contributed by atoms with Crippen molar-refractivity contribution in [3.05, 3.63) is 24.0 Å². The van der Waals surface area contributed by atoms with Gasteiger partial charge in [-0.1, -0.05) is 0 Å². The summed E-state index contributed by atoms with van der Waals surface area (Å²) in [5.74, 6) is -0.517. The van der Waals surface area contributed by atoms with Crippen LogP contribution in [0.5, 0.6) is 0 Å². The number of carbonyl (C=O) groups is 1. The summed E-state index contributed by atoms with van der Waals surface area (Å²) < 4.78 is 10.9. The molecule has 1 amide bonds. The number of nitrogens with zero attached hydrogens (tertiary/aromatic N) is 2. The Morgan fingerprint density at radius 2 is 2.42 bits per heavy atom. The van der Waals surface area contributed by atoms with Crippen molar-refractivity contribution in [2.75, 3.05) is 31.7 Å². The summed E-state index contributed by atoms with van der Waals surface area (Å²) in [4.78, 5) is 17.3. The van der Waals surface area contributed by atoms with E-state index in [0.29, 0.717) is 6.61 Å². The molecule has 1 aromatic heterocycles. The Morgan fingerprint density at radius 3 is 3.11 bits per heavy atom. The Hall–Kier alpha value is -1.66. The van der Waals surface area contributed by atoms with E-state index in [1.54, 1.807) is 19.4 Å². The maximum Gasteiger partial charge on any atom is 0.267 e. The van der Waals surface area contributed by atoms with Crippen LogP contribution in [-0.4, -0.2) is 49.9 Å². The highest BCUT2D eigenvalue weighted by Crippen LogP contribution is 2.20. The molecule has 0 radical (unpaired) electrons. The normalized spacial score (nSPS) is 23.4. The van der Waals surface area contributed by atoms with Gasteiger partial charge in [-0.2, -0.15) is 0 Å². The molecule has 2 atom stereocenters. The Kier molecular flexibility index (Phi) is 4.34. The van der Waals surface area contributed by atoms with Gasteiger partial charge in [0.05, 0.1) is 18.8 Å². The van der Waals surface area contributed by atoms with Crippen molar-refractivity contribution < 1.29 is 14.3 Å². The Balaban J connectivity index is 2.15. The molecule has 0 aliphatic carbocycles. The van der Waals surface area contributed by atoms with Crippen molar-refractivity contribution in [3.8, 4) is 0 Å². The SMILES string of the molecule is COCC1CN(c2ccnc(C(N)=O)c2)CC(C)O1. The monoisotopic (exact) mass is 265 g/mol. The molecule has 0 saturated carbocycles. The van der Waals surface area contributed by atoms with E-state index in [-0.39, 0.29) is 17.9 Å². The predicted molar refractivity (Wildman–Crippen MR) is 71.2 cm³/mol. The van der Waals surface area contributed by atoms with Gasteiger partial charge in [0.1, 0.15) is 5.69 Å². The van der Waals surface area contributed by atoms with Crippen molar-refractivity contribution in [1.82, 2.24) is 4.98 Å². The summed E-state index contributed by atoms with van der Waals surface area (Å²) in [6.07, 6.45) is 1.74. The summed E-state index contributed by atoms with van der Waals surface area (Å²) in [7, 11) is 1.66. The van der Waals surface area contributed by atoms with Gasteiger partial charge in [-0.05, 0) is 19.1 Å². The summed E-state index contributed by atoms with van der Waals surface area (Å²) in [5.41, 5.74) is 6.46. The van der Waals surface area contributed by atoms with Crippen molar-refractivity contribution in [2.24, 2.45) is 5.73 Å². The molecule has 2 heterocycles. The summed E-state index contributed by atoms with van der Waals surface area (Å²) in [5, 5.41) is 0. The van der Waals surface area contributed by atoms with Crippen LogP contribution in [0.25, 0.3) is 0 Å². The zero-order valence-electron chi connectivity index (χ0n) is 11.2. The average Bonchev–Trinajstić information content (AvgIpc) is 2.38. The van der Waals surface area contributed by atoms with Gasteiger partial charge < -0.3 is 20.1 Å². The Labute approximate surface area is 112 Å². The second kappa shape index (κ2) is 5.99. The van der Waals surface area contributed by atoms with Crippen molar-refractivity contribution >= 4 is 11.6 Å². The molecule has 1 saturated heterocycles. The van der Waals surface area contributed by atoms with Crippen LogP contribution in [0.4, 0.5) is 5.69 Å². The van der Waals surface area contributed by atoms with Crippen LogP contribution in [0.2, 0.25) is 0 Å². The number of methoxy groups -OCH3 is 1. The standard InChI is InChI=1S/C13H19N3O3/c1-9-6-16(7-11(19-9)8-18-2)10-3-4-15-12(5-10)13(14)17/h3-5,9,11H,6-8H2,1-2H3,(H2,14,17). The first-order chi connectivity index (χ1) is 9.10. The highest BCUT2D eigenvalue weighted by Gasteiger charge is 2.25. The molecule has 2 N–H and O–H groups in total. The van der Waals surface area contributed by atoms with E-state index in [0.717, 1.165) is 18.8 Å². The Morgan fingerprint density at radius 1 is 1.63 bits per heavy atom. The second-order valence-corrected chi connectivity index (χ2v) is 4.69. The van der Waals surface area contributed by atoms with Crippen molar-refractivity contribution in [1.29, 1.82) is 0 Å². The van der Waals surface area contributed by atoms with Crippen LogP contribution in [0.3, 0.4) is 0 Å². The number of amides is 1. The highest BCUT2D eigenvalue weighted by molar-refractivity contribution is 5.91. The van der Waals surface area contributed by atoms with Gasteiger partial charge >= 0.3 is 0 Å². The minimum atomic E-state index is -0.517. The van der Waals surface area contributed by atoms with Gasteiger partial charge in [-0.15, -0.1) is 0 Å². The highest BCUT2D eigenvalue weighted by atomic mass is 16.5. The molecule has 0 spiro atoms. The third-order valence-electron chi connectivity index (χ3n) is 3.04. The third-order valence-corrected chi connectivity index (χ3v) is 3.04. The predicted octanol–water partition coefficient (Wildman–Crippen LogP) is 0.421. The molecule has 1 aliphatic rings. The maximum absolute atomic E-state index is 11.2. The first-order valence-corrected chi connectivity index (χ1v) is 6.25. The lowest BCUT2D eigenvalue weighted by atomic mass is 10.2. The minimum Gasteiger partial charge on any atom is -0.382 e. The lowest BCUT2D eigenvalue weighted by Gasteiger charge is -2.38. The first-order valence-electron chi connectivity index (χ1n) is 6.25. The minimum absolute atomic E-state index is 0.0268. The summed E-state index contributed by atoms with van der Waals surface area (Å²) in [6.45, 7) is 4.06. The quantitative estimate of drug-likeness (QED) is 0.853. The number of morpholine rings is 1. The van der Waals surface area contributed by atoms with Gasteiger partial charge in [0.2, 0.25) is 0 Å². The van der Waals surface area contributed by atoms with Gasteiger partial charge in [0.15, 0.2) is 0 Å². The number of carbonyl (C=O) groups excluding carboxylic acids is 1. The molecular formula is C13H19N3O3. The smallest absolute Gasteiger partial charge is 0.267 e. The van der Waals surface area contributed by atoms with Crippen LogP contribution >= 0.6 is 0 Å². The number of hydrogen-bond acceptors (Lipinski definition) is 5. The molecule has 2 rings (SSSR count). The number of hydrogen-bond donors (Lipinski definition) is 1. The number of aromatic nitrogens is 1. The van der Waals surface area contributed by atoms with E-state index in [9.17, 15) is 4.79 Å². The largest absolute Gasteiger partial charge is 0.382 e. The van der Waals surface area contributed by atoms with Gasteiger partial charge in [-0.3, -0.25) is 9.78 Å². The van der Waals surface area contributed by atoms with E-state index in [1.807, 2.05) is 13.0 Å². The van der Waals surface area contributed by atoms with E-state index in [2.05, 4.69) is 9.88 Å². The van der Waals surface area contributed by atoms with Crippen LogP contribution in [0.1, 0.15) is 17.4 Å². The molecule has 19 heavy (non-hydrogen) atoms. The van der Waals surface area contributed by atoms with Gasteiger partial charge in [0, 0.05) is 32.1 Å². The zero-order chi connectivity index (χ0) is 13.8. The molecule has 1 aliphatic heterocycles. The van der Waals surface area contributed by atoms with Crippen LogP contribution < -0.4 is 10.6 Å². The number of anilines is 1. The van der Waals surface area contributed by atoms with Crippen LogP contribution in [-0.2, 0) is 9.47 Å². The molecule has 104 valence electrons. The van der Waals surface area contributed by atoms with E-state index < -0.39 is 5.91 Å². The van der Waals surface area contributed by atoms with Crippen molar-refractivity contribution in [2.45, 2.75) is 19.1 Å². The number of nitrogens with two attached hydrogens (primary N) is 1. The summed E-state index contributed by atoms with van der Waals surface area (Å²) >= 11 is 0. The lowest BCUT2D eigenvalue weighted by Crippen LogP contribution is -2.48. The number of rotatable bonds is 4. The van der Waals surface area contributed by atoms with Crippen LogP contribution in [0.15, 0.2) is 18.3 Å². The molecule has 0 aromatic carbocycles. The van der Waals surface area contributed by atoms with E-state index in [4.69, 9.17) is 15.2 Å². The second-order valence-electron chi connectivity index (χ2n) is 4.69. The van der Waals surface area contributed by atoms with Gasteiger partial charge in [0.25, 0.3) is 5.91 Å². The summed E-state index contributed by atoms with van der Waals surface area (Å²) in [6, 6.07) is 3.58. The molecule has 0 bridgehead atoms. The lowest BCUT2D eigenvalue weighted by molar-refractivity contribution is -0.0510. The molecular weight excluding hydrogens is 246 g/mol. The number of primary amides is 1. The van der Waals surface area contributed by atoms with Crippen molar-refractivity contribution in [3.63, 3.8) is 0 Å². The molecule has 6 heteroatoms. The fraction of sp³-hybridized carbons (Fsp3) is 0.538. The fourth-order valence-corrected chi connectivity index (χ4v) is 2.28. The zero-order valence-corrected chi connectivity index (χ0v) is 11.2. The molecule has 1 fully saturated rings. The molecule has 2 unspecified atom stereocenters.